The van der Waals surface area contributed by atoms with E-state index in [1.165, 1.54) is 0 Å². The fourth-order valence-electron chi connectivity index (χ4n) is 5.40. The van der Waals surface area contributed by atoms with E-state index in [1.54, 1.807) is 0 Å². The van der Waals surface area contributed by atoms with E-state index in [1.807, 2.05) is 12.1 Å². The Kier molecular flexibility index (Phi) is 10.9. The Balaban J connectivity index is 2.56. The number of anilines is 2. The molecule has 2 aromatic rings. The standard InChI is InChI=1S/C30H48N2O2/c1-7-10-19(4)28(22-13-15-26(31)24(17-22)29(33)20(5)11-8-2)23-14-16-27(32)25(18-23)30(34)21(6)12-9-3/h13-21,28-30,33-34H,7-12,31-32H2,1-6H3. The van der Waals surface area contributed by atoms with Gasteiger partial charge in [0, 0.05) is 28.4 Å². The third-order valence-electron chi connectivity index (χ3n) is 7.46. The Labute approximate surface area is 207 Å². The first-order valence-electron chi connectivity index (χ1n) is 13.3. The predicted octanol–water partition coefficient (Wildman–Crippen LogP) is 7.36. The molecule has 0 aliphatic carbocycles. The maximum atomic E-state index is 11.1. The van der Waals surface area contributed by atoms with E-state index in [0.717, 1.165) is 60.8 Å². The summed E-state index contributed by atoms with van der Waals surface area (Å²) in [6.07, 6.45) is 4.97. The van der Waals surface area contributed by atoms with Crippen LogP contribution in [0.25, 0.3) is 0 Å². The molecule has 0 spiro atoms. The second-order valence-corrected chi connectivity index (χ2v) is 10.4. The van der Waals surface area contributed by atoms with E-state index in [0.29, 0.717) is 17.3 Å². The van der Waals surface area contributed by atoms with Gasteiger partial charge in [0.1, 0.15) is 0 Å². The van der Waals surface area contributed by atoms with E-state index in [2.05, 4.69) is 65.8 Å². The number of nitrogen functional groups attached to an aromatic ring is 2. The maximum absolute atomic E-state index is 11.1. The molecule has 0 aliphatic heterocycles. The molecular weight excluding hydrogens is 420 g/mol. The first-order valence-corrected chi connectivity index (χ1v) is 13.3. The third kappa shape index (κ3) is 6.76. The van der Waals surface area contributed by atoms with Gasteiger partial charge < -0.3 is 21.7 Å². The summed E-state index contributed by atoms with van der Waals surface area (Å²) in [5.74, 6) is 0.800. The average Bonchev–Trinajstić information content (AvgIpc) is 2.81. The van der Waals surface area contributed by atoms with Crippen LogP contribution in [0.4, 0.5) is 11.4 Å². The van der Waals surface area contributed by atoms with E-state index in [4.69, 9.17) is 11.5 Å². The summed E-state index contributed by atoms with van der Waals surface area (Å²) in [5.41, 5.74) is 17.9. The highest BCUT2D eigenvalue weighted by atomic mass is 16.3. The number of rotatable bonds is 13. The summed E-state index contributed by atoms with van der Waals surface area (Å²) in [6.45, 7) is 12.9. The Morgan fingerprint density at radius 2 is 0.971 bits per heavy atom. The first-order chi connectivity index (χ1) is 16.2. The monoisotopic (exact) mass is 468 g/mol. The van der Waals surface area contributed by atoms with Crippen LogP contribution in [-0.4, -0.2) is 10.2 Å². The molecule has 0 saturated heterocycles. The summed E-state index contributed by atoms with van der Waals surface area (Å²) >= 11 is 0. The Morgan fingerprint density at radius 3 is 1.32 bits per heavy atom. The molecule has 0 fully saturated rings. The van der Waals surface area contributed by atoms with Crippen molar-refractivity contribution in [1.29, 1.82) is 0 Å². The van der Waals surface area contributed by atoms with Gasteiger partial charge in [0.2, 0.25) is 0 Å². The molecule has 0 radical (unpaired) electrons. The molecule has 0 bridgehead atoms. The molecule has 0 aromatic heterocycles. The zero-order chi connectivity index (χ0) is 25.4. The van der Waals surface area contributed by atoms with Crippen molar-refractivity contribution in [2.45, 2.75) is 98.2 Å². The lowest BCUT2D eigenvalue weighted by atomic mass is 9.77. The Bertz CT molecular complexity index is 830. The first kappa shape index (κ1) is 28.2. The van der Waals surface area contributed by atoms with Crippen molar-refractivity contribution in [2.24, 2.45) is 17.8 Å². The van der Waals surface area contributed by atoms with Gasteiger partial charge in [-0.3, -0.25) is 0 Å². The molecule has 2 aromatic carbocycles. The van der Waals surface area contributed by atoms with Gasteiger partial charge >= 0.3 is 0 Å². The maximum Gasteiger partial charge on any atom is 0.0835 e. The molecule has 2 rings (SSSR count). The van der Waals surface area contributed by atoms with Crippen molar-refractivity contribution in [2.75, 3.05) is 11.5 Å². The zero-order valence-electron chi connectivity index (χ0n) is 22.2. The van der Waals surface area contributed by atoms with Crippen LogP contribution in [0.3, 0.4) is 0 Å². The van der Waals surface area contributed by atoms with Crippen molar-refractivity contribution in [3.8, 4) is 0 Å². The Hall–Kier alpha value is -2.04. The minimum Gasteiger partial charge on any atom is -0.398 e. The van der Waals surface area contributed by atoms with Crippen molar-refractivity contribution >= 4 is 11.4 Å². The molecule has 190 valence electrons. The zero-order valence-corrected chi connectivity index (χ0v) is 22.2. The van der Waals surface area contributed by atoms with Crippen LogP contribution < -0.4 is 11.5 Å². The van der Waals surface area contributed by atoms with E-state index < -0.39 is 12.2 Å². The summed E-state index contributed by atoms with van der Waals surface area (Å²) in [4.78, 5) is 0. The summed E-state index contributed by atoms with van der Waals surface area (Å²) < 4.78 is 0. The quantitative estimate of drug-likeness (QED) is 0.231. The van der Waals surface area contributed by atoms with Crippen LogP contribution in [0.5, 0.6) is 0 Å². The van der Waals surface area contributed by atoms with E-state index in [-0.39, 0.29) is 17.8 Å². The highest BCUT2D eigenvalue weighted by molar-refractivity contribution is 5.54. The van der Waals surface area contributed by atoms with Gasteiger partial charge in [0.05, 0.1) is 12.2 Å². The van der Waals surface area contributed by atoms with Crippen LogP contribution >= 0.6 is 0 Å². The summed E-state index contributed by atoms with van der Waals surface area (Å²) in [5, 5.41) is 22.1. The van der Waals surface area contributed by atoms with Gasteiger partial charge in [-0.2, -0.15) is 0 Å². The highest BCUT2D eigenvalue weighted by Crippen LogP contribution is 2.40. The second kappa shape index (κ2) is 13.2. The van der Waals surface area contributed by atoms with Crippen LogP contribution in [-0.2, 0) is 0 Å². The summed E-state index contributed by atoms with van der Waals surface area (Å²) in [7, 11) is 0. The van der Waals surface area contributed by atoms with Crippen LogP contribution in [0.2, 0.25) is 0 Å². The molecule has 0 aliphatic rings. The van der Waals surface area contributed by atoms with E-state index in [9.17, 15) is 10.2 Å². The van der Waals surface area contributed by atoms with Gasteiger partial charge in [-0.05, 0) is 53.9 Å². The predicted molar refractivity (Wildman–Crippen MR) is 146 cm³/mol. The van der Waals surface area contributed by atoms with Gasteiger partial charge in [-0.1, -0.05) is 91.5 Å². The van der Waals surface area contributed by atoms with Gasteiger partial charge in [0.25, 0.3) is 0 Å². The van der Waals surface area contributed by atoms with Crippen molar-refractivity contribution in [3.05, 3.63) is 58.7 Å². The normalized spacial score (nSPS) is 17.1. The lowest BCUT2D eigenvalue weighted by Crippen LogP contribution is -2.17. The SMILES string of the molecule is CCCC(C)C(O)c1cc(C(c2ccc(N)c(C(O)C(C)CCC)c2)C(C)CCC)ccc1N. The molecule has 5 atom stereocenters. The topological polar surface area (TPSA) is 92.5 Å². The molecule has 0 heterocycles. The molecule has 6 N–H and O–H groups in total. The highest BCUT2D eigenvalue weighted by Gasteiger charge is 2.26. The number of aliphatic hydroxyl groups excluding tert-OH is 2. The summed E-state index contributed by atoms with van der Waals surface area (Å²) in [6, 6.07) is 12.3. The van der Waals surface area contributed by atoms with Crippen LogP contribution in [0.15, 0.2) is 36.4 Å². The second-order valence-electron chi connectivity index (χ2n) is 10.4. The fourth-order valence-corrected chi connectivity index (χ4v) is 5.40. The number of nitrogens with two attached hydrogens (primary N) is 2. The minimum atomic E-state index is -0.583. The molecule has 0 amide bonds. The van der Waals surface area contributed by atoms with E-state index >= 15 is 0 Å². The number of aliphatic hydroxyl groups is 2. The van der Waals surface area contributed by atoms with Crippen LogP contribution in [0, 0.1) is 17.8 Å². The molecule has 4 nitrogen and oxygen atoms in total. The minimum absolute atomic E-state index is 0.126. The smallest absolute Gasteiger partial charge is 0.0835 e. The van der Waals surface area contributed by atoms with Gasteiger partial charge in [-0.15, -0.1) is 0 Å². The fraction of sp³-hybridized carbons (Fsp3) is 0.600. The largest absolute Gasteiger partial charge is 0.398 e. The number of hydrogen-bond donors (Lipinski definition) is 4. The number of benzene rings is 2. The Morgan fingerprint density at radius 1 is 0.618 bits per heavy atom. The lowest BCUT2D eigenvalue weighted by Gasteiger charge is -2.29. The van der Waals surface area contributed by atoms with Gasteiger partial charge in [0.15, 0.2) is 0 Å². The van der Waals surface area contributed by atoms with Gasteiger partial charge in [-0.25, -0.2) is 0 Å². The third-order valence-corrected chi connectivity index (χ3v) is 7.46. The van der Waals surface area contributed by atoms with Crippen molar-refractivity contribution < 1.29 is 10.2 Å². The molecule has 0 saturated carbocycles. The molecule has 34 heavy (non-hydrogen) atoms. The molecule has 5 unspecified atom stereocenters. The average molecular weight is 469 g/mol. The molecular formula is C30H48N2O2. The van der Waals surface area contributed by atoms with Crippen molar-refractivity contribution in [1.82, 2.24) is 0 Å². The molecule has 4 heteroatoms. The number of hydrogen-bond acceptors (Lipinski definition) is 4. The lowest BCUT2D eigenvalue weighted by molar-refractivity contribution is 0.113. The van der Waals surface area contributed by atoms with Crippen molar-refractivity contribution in [3.63, 3.8) is 0 Å². The van der Waals surface area contributed by atoms with Crippen LogP contribution in [0.1, 0.15) is 120 Å².